The summed E-state index contributed by atoms with van der Waals surface area (Å²) in [6, 6.07) is 1.41. The molecule has 82 valence electrons. The molecule has 0 saturated carbocycles. The molecule has 0 bridgehead atoms. The van der Waals surface area contributed by atoms with Gasteiger partial charge in [-0.3, -0.25) is 4.98 Å². The van der Waals surface area contributed by atoms with E-state index in [0.717, 1.165) is 0 Å². The molecule has 0 aliphatic carbocycles. The van der Waals surface area contributed by atoms with E-state index in [0.29, 0.717) is 5.69 Å². The summed E-state index contributed by atoms with van der Waals surface area (Å²) < 4.78 is 0. The van der Waals surface area contributed by atoms with Crippen molar-refractivity contribution in [3.63, 3.8) is 0 Å². The van der Waals surface area contributed by atoms with Gasteiger partial charge in [0, 0.05) is 12.7 Å². The molecule has 0 aliphatic heterocycles. The Morgan fingerprint density at radius 2 is 2.27 bits per heavy atom. The van der Waals surface area contributed by atoms with Crippen LogP contribution in [0.5, 0.6) is 0 Å². The van der Waals surface area contributed by atoms with E-state index in [1.165, 1.54) is 18.5 Å². The molecule has 5 heteroatoms. The fourth-order valence-electron chi connectivity index (χ4n) is 1.03. The number of nitrogens with one attached hydrogen (secondary N) is 1. The van der Waals surface area contributed by atoms with E-state index in [1.807, 2.05) is 0 Å². The molecular formula is C10H14N2O3. The molecule has 0 atom stereocenters. The van der Waals surface area contributed by atoms with Crippen LogP contribution in [0.3, 0.4) is 0 Å². The number of carbonyl (C=O) groups is 1. The number of carboxylic acids is 1. The van der Waals surface area contributed by atoms with Crippen LogP contribution in [0.4, 0.5) is 5.69 Å². The van der Waals surface area contributed by atoms with Crippen molar-refractivity contribution in [3.8, 4) is 0 Å². The second-order valence-electron chi connectivity index (χ2n) is 3.89. The van der Waals surface area contributed by atoms with E-state index in [2.05, 4.69) is 10.3 Å². The molecular weight excluding hydrogens is 196 g/mol. The first-order valence-electron chi connectivity index (χ1n) is 4.54. The first-order valence-corrected chi connectivity index (χ1v) is 4.54. The lowest BCUT2D eigenvalue weighted by Gasteiger charge is -2.19. The predicted molar refractivity (Wildman–Crippen MR) is 56.0 cm³/mol. The number of aromatic carboxylic acids is 1. The molecule has 0 aliphatic rings. The fourth-order valence-corrected chi connectivity index (χ4v) is 1.03. The van der Waals surface area contributed by atoms with E-state index in [9.17, 15) is 9.90 Å². The molecule has 1 heterocycles. The van der Waals surface area contributed by atoms with Crippen molar-refractivity contribution in [1.82, 2.24) is 4.98 Å². The number of aromatic nitrogens is 1. The Bertz CT molecular complexity index is 358. The van der Waals surface area contributed by atoms with Gasteiger partial charge in [0.15, 0.2) is 0 Å². The Balaban J connectivity index is 2.81. The highest BCUT2D eigenvalue weighted by Crippen LogP contribution is 2.14. The molecule has 0 radical (unpaired) electrons. The van der Waals surface area contributed by atoms with Gasteiger partial charge in [-0.2, -0.15) is 0 Å². The summed E-state index contributed by atoms with van der Waals surface area (Å²) in [5.41, 5.74) is -0.340. The van der Waals surface area contributed by atoms with Crippen molar-refractivity contribution in [2.75, 3.05) is 11.9 Å². The third kappa shape index (κ3) is 3.55. The van der Waals surface area contributed by atoms with Gasteiger partial charge < -0.3 is 15.5 Å². The van der Waals surface area contributed by atoms with Crippen molar-refractivity contribution in [1.29, 1.82) is 0 Å². The molecule has 15 heavy (non-hydrogen) atoms. The standard InChI is InChI=1S/C10H14N2O3/c1-10(2,15)6-12-8-5-11-4-3-7(8)9(13)14/h3-5,12,15H,6H2,1-2H3,(H,13,14). The molecule has 5 nitrogen and oxygen atoms in total. The Hall–Kier alpha value is -1.62. The van der Waals surface area contributed by atoms with Crippen LogP contribution in [0, 0.1) is 0 Å². The summed E-state index contributed by atoms with van der Waals surface area (Å²) in [4.78, 5) is 14.6. The fraction of sp³-hybridized carbons (Fsp3) is 0.400. The van der Waals surface area contributed by atoms with Crippen molar-refractivity contribution in [2.24, 2.45) is 0 Å². The van der Waals surface area contributed by atoms with E-state index in [4.69, 9.17) is 5.11 Å². The van der Waals surface area contributed by atoms with Crippen molar-refractivity contribution in [3.05, 3.63) is 24.0 Å². The van der Waals surface area contributed by atoms with Crippen LogP contribution >= 0.6 is 0 Å². The van der Waals surface area contributed by atoms with Gasteiger partial charge in [-0.15, -0.1) is 0 Å². The largest absolute Gasteiger partial charge is 0.478 e. The third-order valence-electron chi connectivity index (χ3n) is 1.76. The maximum Gasteiger partial charge on any atom is 0.337 e. The highest BCUT2D eigenvalue weighted by atomic mass is 16.4. The molecule has 0 amide bonds. The van der Waals surface area contributed by atoms with Crippen LogP contribution in [-0.2, 0) is 0 Å². The molecule has 1 aromatic heterocycles. The van der Waals surface area contributed by atoms with Crippen LogP contribution in [0.25, 0.3) is 0 Å². The number of anilines is 1. The highest BCUT2D eigenvalue weighted by molar-refractivity contribution is 5.93. The zero-order valence-electron chi connectivity index (χ0n) is 8.69. The number of carboxylic acid groups (broad SMARTS) is 1. The van der Waals surface area contributed by atoms with Crippen LogP contribution in [0.15, 0.2) is 18.5 Å². The van der Waals surface area contributed by atoms with Crippen LogP contribution < -0.4 is 5.32 Å². The SMILES string of the molecule is CC(C)(O)CNc1cnccc1C(=O)O. The first-order chi connectivity index (χ1) is 6.90. The summed E-state index contributed by atoms with van der Waals surface area (Å²) in [5.74, 6) is -1.02. The van der Waals surface area contributed by atoms with Crippen molar-refractivity contribution in [2.45, 2.75) is 19.4 Å². The van der Waals surface area contributed by atoms with Crippen LogP contribution in [-0.4, -0.2) is 33.3 Å². The van der Waals surface area contributed by atoms with Gasteiger partial charge in [0.2, 0.25) is 0 Å². The Kier molecular flexibility index (Phi) is 3.26. The summed E-state index contributed by atoms with van der Waals surface area (Å²) in [5, 5.41) is 21.2. The second kappa shape index (κ2) is 4.27. The van der Waals surface area contributed by atoms with Gasteiger partial charge >= 0.3 is 5.97 Å². The van der Waals surface area contributed by atoms with Gasteiger partial charge in [-0.1, -0.05) is 0 Å². The maximum absolute atomic E-state index is 10.8. The lowest BCUT2D eigenvalue weighted by molar-refractivity contribution is 0.0696. The first kappa shape index (κ1) is 11.5. The number of aliphatic hydroxyl groups is 1. The summed E-state index contributed by atoms with van der Waals surface area (Å²) in [6.07, 6.45) is 2.84. The Morgan fingerprint density at radius 3 is 2.80 bits per heavy atom. The Morgan fingerprint density at radius 1 is 1.60 bits per heavy atom. The van der Waals surface area contributed by atoms with E-state index >= 15 is 0 Å². The number of hydrogen-bond donors (Lipinski definition) is 3. The molecule has 0 aromatic carbocycles. The quantitative estimate of drug-likeness (QED) is 0.689. The molecule has 0 fully saturated rings. The van der Waals surface area contributed by atoms with E-state index in [-0.39, 0.29) is 12.1 Å². The lowest BCUT2D eigenvalue weighted by Crippen LogP contribution is -2.29. The molecule has 0 unspecified atom stereocenters. The normalized spacial score (nSPS) is 11.1. The average molecular weight is 210 g/mol. The monoisotopic (exact) mass is 210 g/mol. The lowest BCUT2D eigenvalue weighted by atomic mass is 10.1. The van der Waals surface area contributed by atoms with Crippen molar-refractivity contribution >= 4 is 11.7 Å². The minimum absolute atomic E-state index is 0.147. The predicted octanol–water partition coefficient (Wildman–Crippen LogP) is 0.963. The minimum atomic E-state index is -1.02. The average Bonchev–Trinajstić information content (AvgIpc) is 2.14. The van der Waals surface area contributed by atoms with Gasteiger partial charge in [0.25, 0.3) is 0 Å². The molecule has 1 aromatic rings. The van der Waals surface area contributed by atoms with Crippen molar-refractivity contribution < 1.29 is 15.0 Å². The molecule has 0 spiro atoms. The number of pyridine rings is 1. The van der Waals surface area contributed by atoms with Gasteiger partial charge in [0.05, 0.1) is 23.0 Å². The van der Waals surface area contributed by atoms with Crippen LogP contribution in [0.2, 0.25) is 0 Å². The number of hydrogen-bond acceptors (Lipinski definition) is 4. The summed E-state index contributed by atoms with van der Waals surface area (Å²) in [6.45, 7) is 3.53. The Labute approximate surface area is 87.8 Å². The molecule has 3 N–H and O–H groups in total. The smallest absolute Gasteiger partial charge is 0.337 e. The molecule has 0 saturated heterocycles. The zero-order chi connectivity index (χ0) is 11.5. The second-order valence-corrected chi connectivity index (χ2v) is 3.89. The number of nitrogens with zero attached hydrogens (tertiary/aromatic N) is 1. The van der Waals surface area contributed by atoms with E-state index < -0.39 is 11.6 Å². The summed E-state index contributed by atoms with van der Waals surface area (Å²) in [7, 11) is 0. The third-order valence-corrected chi connectivity index (χ3v) is 1.76. The number of rotatable bonds is 4. The van der Waals surface area contributed by atoms with E-state index in [1.54, 1.807) is 13.8 Å². The highest BCUT2D eigenvalue weighted by Gasteiger charge is 2.14. The summed E-state index contributed by atoms with van der Waals surface area (Å²) >= 11 is 0. The van der Waals surface area contributed by atoms with Gasteiger partial charge in [-0.25, -0.2) is 4.79 Å². The van der Waals surface area contributed by atoms with Gasteiger partial charge in [-0.05, 0) is 19.9 Å². The van der Waals surface area contributed by atoms with Crippen LogP contribution in [0.1, 0.15) is 24.2 Å². The minimum Gasteiger partial charge on any atom is -0.478 e. The van der Waals surface area contributed by atoms with Gasteiger partial charge in [0.1, 0.15) is 0 Å². The molecule has 1 rings (SSSR count). The maximum atomic E-state index is 10.8. The zero-order valence-corrected chi connectivity index (χ0v) is 8.69. The topological polar surface area (TPSA) is 82.5 Å².